The van der Waals surface area contributed by atoms with E-state index in [2.05, 4.69) is 5.32 Å². The summed E-state index contributed by atoms with van der Waals surface area (Å²) in [6.45, 7) is -0.302. The molecular weight excluding hydrogens is 345 g/mol. The van der Waals surface area contributed by atoms with Gasteiger partial charge in [0.05, 0.1) is 5.69 Å². The van der Waals surface area contributed by atoms with Crippen LogP contribution >= 0.6 is 0 Å². The fraction of sp³-hybridized carbons (Fsp3) is 0.263. The molecule has 1 aliphatic heterocycles. The number of anilines is 1. The molecule has 26 heavy (non-hydrogen) atoms. The number of carbonyl (C=O) groups is 2. The maximum absolute atomic E-state index is 13.8. The lowest BCUT2D eigenvalue weighted by Gasteiger charge is -2.17. The molecule has 0 aliphatic carbocycles. The number of carbonyl (C=O) groups excluding carboxylic acids is 2. The second-order valence-electron chi connectivity index (χ2n) is 6.27. The number of hydrogen-bond acceptors (Lipinski definition) is 2. The average molecular weight is 362 g/mol. The summed E-state index contributed by atoms with van der Waals surface area (Å²) in [5.74, 6) is -4.90. The molecule has 0 spiro atoms. The predicted molar refractivity (Wildman–Crippen MR) is 90.1 cm³/mol. The molecular formula is C19H17F3N2O2. The minimum atomic E-state index is -1.18. The molecule has 0 aromatic heterocycles. The largest absolute Gasteiger partial charge is 0.344 e. The van der Waals surface area contributed by atoms with Crippen LogP contribution in [0.25, 0.3) is 0 Å². The van der Waals surface area contributed by atoms with Crippen molar-refractivity contribution in [2.24, 2.45) is 5.92 Å². The number of nitrogens with zero attached hydrogens (tertiary/aromatic N) is 1. The van der Waals surface area contributed by atoms with Crippen molar-refractivity contribution in [3.8, 4) is 0 Å². The summed E-state index contributed by atoms with van der Waals surface area (Å²) in [6, 6.07) is 9.98. The zero-order chi connectivity index (χ0) is 18.8. The fourth-order valence-corrected chi connectivity index (χ4v) is 3.16. The van der Waals surface area contributed by atoms with E-state index in [9.17, 15) is 22.8 Å². The molecule has 1 saturated heterocycles. The first-order valence-corrected chi connectivity index (χ1v) is 8.07. The van der Waals surface area contributed by atoms with Crippen molar-refractivity contribution in [1.29, 1.82) is 0 Å². The van der Waals surface area contributed by atoms with Crippen LogP contribution in [0.1, 0.15) is 17.0 Å². The number of benzene rings is 2. The molecule has 2 amide bonds. The molecule has 3 rings (SSSR count). The Hall–Kier alpha value is -2.83. The van der Waals surface area contributed by atoms with Gasteiger partial charge < -0.3 is 10.2 Å². The molecule has 2 aromatic carbocycles. The Morgan fingerprint density at radius 3 is 2.54 bits per heavy atom. The first kappa shape index (κ1) is 18.0. The molecule has 4 nitrogen and oxygen atoms in total. The third kappa shape index (κ3) is 3.29. The highest BCUT2D eigenvalue weighted by Gasteiger charge is 2.44. The summed E-state index contributed by atoms with van der Waals surface area (Å²) in [5.41, 5.74) is 0.887. The summed E-state index contributed by atoms with van der Waals surface area (Å²) in [5, 5.41) is 2.30. The Kier molecular flexibility index (Phi) is 4.97. The number of amides is 2. The lowest BCUT2D eigenvalue weighted by atomic mass is 9.87. The smallest absolute Gasteiger partial charge is 0.237 e. The van der Waals surface area contributed by atoms with Gasteiger partial charge in [0.25, 0.3) is 0 Å². The summed E-state index contributed by atoms with van der Waals surface area (Å²) in [7, 11) is 1.57. The maximum atomic E-state index is 13.8. The number of likely N-dealkylation sites (N-methyl/N-ethyl adjacent to an activating group) is 1. The standard InChI is InChI=1S/C19H17F3N2O2/c1-24-10-13(12-7-5-11(9-20)6-8-12)16(19(24)26)18(25)23-15-4-2-3-14(21)17(15)22/h2-8,13,16H,9-10H2,1H3,(H,23,25)/t13-,16+/m0/s1. The third-order valence-corrected chi connectivity index (χ3v) is 4.57. The lowest BCUT2D eigenvalue weighted by molar-refractivity contribution is -0.135. The summed E-state index contributed by atoms with van der Waals surface area (Å²) in [4.78, 5) is 26.5. The van der Waals surface area contributed by atoms with Crippen molar-refractivity contribution in [1.82, 2.24) is 4.90 Å². The highest BCUT2D eigenvalue weighted by molar-refractivity contribution is 6.08. The van der Waals surface area contributed by atoms with Crippen LogP contribution in [-0.4, -0.2) is 30.3 Å². The SMILES string of the molecule is CN1C[C@@H](c2ccc(CF)cc2)[C@H](C(=O)Nc2cccc(F)c2F)C1=O. The molecule has 0 radical (unpaired) electrons. The first-order chi connectivity index (χ1) is 12.4. The van der Waals surface area contributed by atoms with Crippen molar-refractivity contribution in [2.75, 3.05) is 18.9 Å². The summed E-state index contributed by atoms with van der Waals surface area (Å²) >= 11 is 0. The Morgan fingerprint density at radius 2 is 1.88 bits per heavy atom. The van der Waals surface area contributed by atoms with Crippen LogP contribution in [0.2, 0.25) is 0 Å². The normalized spacial score (nSPS) is 19.7. The quantitative estimate of drug-likeness (QED) is 0.849. The van der Waals surface area contributed by atoms with Crippen LogP contribution in [-0.2, 0) is 16.3 Å². The zero-order valence-electron chi connectivity index (χ0n) is 14.0. The number of nitrogens with one attached hydrogen (secondary N) is 1. The second kappa shape index (κ2) is 7.19. The molecule has 2 aromatic rings. The molecule has 136 valence electrons. The predicted octanol–water partition coefficient (Wildman–Crippen LogP) is 3.24. The van der Waals surface area contributed by atoms with Gasteiger partial charge in [-0.2, -0.15) is 0 Å². The van der Waals surface area contributed by atoms with E-state index < -0.39 is 42.0 Å². The lowest BCUT2D eigenvalue weighted by Crippen LogP contribution is -2.33. The molecule has 0 saturated carbocycles. The topological polar surface area (TPSA) is 49.4 Å². The van der Waals surface area contributed by atoms with Crippen molar-refractivity contribution >= 4 is 17.5 Å². The number of halogens is 3. The van der Waals surface area contributed by atoms with Gasteiger partial charge in [-0.3, -0.25) is 9.59 Å². The van der Waals surface area contributed by atoms with Gasteiger partial charge in [-0.25, -0.2) is 13.2 Å². The molecule has 1 N–H and O–H groups in total. The average Bonchev–Trinajstić information content (AvgIpc) is 2.94. The number of alkyl halides is 1. The van der Waals surface area contributed by atoms with E-state index in [1.165, 1.54) is 17.0 Å². The highest BCUT2D eigenvalue weighted by Crippen LogP contribution is 2.34. The summed E-state index contributed by atoms with van der Waals surface area (Å²) < 4.78 is 39.8. The van der Waals surface area contributed by atoms with E-state index in [4.69, 9.17) is 0 Å². The van der Waals surface area contributed by atoms with Crippen LogP contribution in [0.15, 0.2) is 42.5 Å². The molecule has 0 bridgehead atoms. The van der Waals surface area contributed by atoms with Crippen LogP contribution < -0.4 is 5.32 Å². The first-order valence-electron chi connectivity index (χ1n) is 8.07. The molecule has 1 heterocycles. The second-order valence-corrected chi connectivity index (χ2v) is 6.27. The number of rotatable bonds is 4. The van der Waals surface area contributed by atoms with E-state index >= 15 is 0 Å². The van der Waals surface area contributed by atoms with Gasteiger partial charge in [-0.15, -0.1) is 0 Å². The van der Waals surface area contributed by atoms with E-state index in [-0.39, 0.29) is 5.69 Å². The van der Waals surface area contributed by atoms with Crippen LogP contribution in [0.5, 0.6) is 0 Å². The van der Waals surface area contributed by atoms with Gasteiger partial charge in [0.2, 0.25) is 11.8 Å². The van der Waals surface area contributed by atoms with E-state index in [1.807, 2.05) is 0 Å². The van der Waals surface area contributed by atoms with Gasteiger partial charge in [0, 0.05) is 19.5 Å². The highest BCUT2D eigenvalue weighted by atomic mass is 19.2. The maximum Gasteiger partial charge on any atom is 0.237 e. The Morgan fingerprint density at radius 1 is 1.19 bits per heavy atom. The Balaban J connectivity index is 1.87. The van der Waals surface area contributed by atoms with Crippen LogP contribution in [0.3, 0.4) is 0 Å². The minimum Gasteiger partial charge on any atom is -0.344 e. The summed E-state index contributed by atoms with van der Waals surface area (Å²) in [6.07, 6.45) is 0. The van der Waals surface area contributed by atoms with Crippen molar-refractivity contribution in [2.45, 2.75) is 12.6 Å². The van der Waals surface area contributed by atoms with Gasteiger partial charge in [0.1, 0.15) is 12.6 Å². The van der Waals surface area contributed by atoms with E-state index in [0.29, 0.717) is 17.7 Å². The molecule has 0 unspecified atom stereocenters. The van der Waals surface area contributed by atoms with Gasteiger partial charge >= 0.3 is 0 Å². The molecule has 7 heteroatoms. The van der Waals surface area contributed by atoms with E-state index in [0.717, 1.165) is 6.07 Å². The molecule has 1 aliphatic rings. The Bertz CT molecular complexity index is 839. The Labute approximate surface area is 148 Å². The van der Waals surface area contributed by atoms with E-state index in [1.54, 1.807) is 31.3 Å². The van der Waals surface area contributed by atoms with Crippen molar-refractivity contribution in [3.63, 3.8) is 0 Å². The number of likely N-dealkylation sites (tertiary alicyclic amines) is 1. The van der Waals surface area contributed by atoms with Gasteiger partial charge in [-0.1, -0.05) is 30.3 Å². The van der Waals surface area contributed by atoms with Gasteiger partial charge in [0.15, 0.2) is 11.6 Å². The minimum absolute atomic E-state index is 0.303. The van der Waals surface area contributed by atoms with Gasteiger partial charge in [-0.05, 0) is 23.3 Å². The monoisotopic (exact) mass is 362 g/mol. The third-order valence-electron chi connectivity index (χ3n) is 4.57. The van der Waals surface area contributed by atoms with Crippen molar-refractivity contribution in [3.05, 3.63) is 65.2 Å². The van der Waals surface area contributed by atoms with Crippen LogP contribution in [0, 0.1) is 17.6 Å². The molecule has 1 fully saturated rings. The molecule has 2 atom stereocenters. The zero-order valence-corrected chi connectivity index (χ0v) is 14.0. The fourth-order valence-electron chi connectivity index (χ4n) is 3.16. The van der Waals surface area contributed by atoms with Crippen molar-refractivity contribution < 1.29 is 22.8 Å². The van der Waals surface area contributed by atoms with Crippen LogP contribution in [0.4, 0.5) is 18.9 Å². The number of hydrogen-bond donors (Lipinski definition) is 1.